The van der Waals surface area contributed by atoms with Gasteiger partial charge in [-0.15, -0.1) is 0 Å². The fourth-order valence-corrected chi connectivity index (χ4v) is 2.12. The van der Waals surface area contributed by atoms with Crippen LogP contribution < -0.4 is 22.9 Å². The Bertz CT molecular complexity index is 582. The Kier molecular flexibility index (Phi) is 3.63. The van der Waals surface area contributed by atoms with Crippen molar-refractivity contribution in [3.05, 3.63) is 59.4 Å². The molecule has 6 heteroatoms. The third-order valence-corrected chi connectivity index (χ3v) is 3.43. The van der Waals surface area contributed by atoms with Gasteiger partial charge >= 0.3 is 0 Å². The van der Waals surface area contributed by atoms with Crippen molar-refractivity contribution in [3.63, 3.8) is 0 Å². The van der Waals surface area contributed by atoms with Gasteiger partial charge in [-0.1, -0.05) is 30.3 Å². The van der Waals surface area contributed by atoms with Gasteiger partial charge in [0.05, 0.1) is 17.4 Å². The molecule has 0 aromatic heterocycles. The second-order valence-corrected chi connectivity index (χ2v) is 4.86. The number of nitrogens with two attached hydrogens (primary N) is 4. The Balaban J connectivity index is 2.33. The van der Waals surface area contributed by atoms with E-state index in [4.69, 9.17) is 22.9 Å². The average Bonchev–Trinajstić information content (AvgIpc) is 2.44. The number of hydrogen-bond donors (Lipinski definition) is 5. The molecule has 0 saturated heterocycles. The molecule has 2 rings (SSSR count). The summed E-state index contributed by atoms with van der Waals surface area (Å²) < 4.78 is 0. The Morgan fingerprint density at radius 2 is 1.80 bits per heavy atom. The van der Waals surface area contributed by atoms with Crippen molar-refractivity contribution < 1.29 is 9.90 Å². The minimum Gasteiger partial charge on any atom is -0.397 e. The number of hydrogen-bond acceptors (Lipinski definition) is 6. The summed E-state index contributed by atoms with van der Waals surface area (Å²) in [4.78, 5) is 12.5. The summed E-state index contributed by atoms with van der Waals surface area (Å²) >= 11 is 0. The molecular weight excluding hydrogens is 256 g/mol. The van der Waals surface area contributed by atoms with E-state index in [9.17, 15) is 9.90 Å². The Morgan fingerprint density at radius 1 is 1.20 bits per heavy atom. The number of benzene rings is 1. The molecular formula is C14H18N4O2. The number of aliphatic hydroxyl groups is 1. The van der Waals surface area contributed by atoms with Gasteiger partial charge in [0.25, 0.3) is 0 Å². The highest BCUT2D eigenvalue weighted by atomic mass is 16.3. The highest BCUT2D eigenvalue weighted by Gasteiger charge is 2.43. The van der Waals surface area contributed by atoms with Gasteiger partial charge in [0.2, 0.25) is 0 Å². The van der Waals surface area contributed by atoms with E-state index < -0.39 is 23.5 Å². The molecule has 1 aromatic carbocycles. The molecule has 20 heavy (non-hydrogen) atoms. The lowest BCUT2D eigenvalue weighted by Crippen LogP contribution is -2.62. The van der Waals surface area contributed by atoms with Crippen LogP contribution in [0, 0.1) is 0 Å². The molecule has 0 aliphatic heterocycles. The van der Waals surface area contributed by atoms with Crippen molar-refractivity contribution in [2.24, 2.45) is 22.9 Å². The van der Waals surface area contributed by atoms with Gasteiger partial charge in [0.15, 0.2) is 5.78 Å². The number of rotatable bonds is 3. The van der Waals surface area contributed by atoms with E-state index in [1.54, 1.807) is 30.3 Å². The fraction of sp³-hybridized carbons (Fsp3) is 0.214. The first-order valence-corrected chi connectivity index (χ1v) is 6.14. The quantitative estimate of drug-likeness (QED) is 0.479. The molecule has 0 fully saturated rings. The van der Waals surface area contributed by atoms with Crippen LogP contribution in [0.5, 0.6) is 0 Å². The van der Waals surface area contributed by atoms with Crippen molar-refractivity contribution in [1.82, 2.24) is 0 Å². The third kappa shape index (κ3) is 2.32. The summed E-state index contributed by atoms with van der Waals surface area (Å²) in [6.45, 7) is 0. The SMILES string of the molecule is NC1=CC(N)C(N)(C(=O)C(O)c2ccccc2)C=C1N. The van der Waals surface area contributed by atoms with Crippen LogP contribution in [0.2, 0.25) is 0 Å². The minimum absolute atomic E-state index is 0.183. The fourth-order valence-electron chi connectivity index (χ4n) is 2.12. The monoisotopic (exact) mass is 274 g/mol. The molecule has 1 aliphatic rings. The van der Waals surface area contributed by atoms with Crippen LogP contribution in [0.1, 0.15) is 11.7 Å². The highest BCUT2D eigenvalue weighted by Crippen LogP contribution is 2.26. The van der Waals surface area contributed by atoms with Gasteiger partial charge in [-0.05, 0) is 17.7 Å². The average molecular weight is 274 g/mol. The predicted octanol–water partition coefficient (Wildman–Crippen LogP) is -0.987. The van der Waals surface area contributed by atoms with Gasteiger partial charge in [0, 0.05) is 0 Å². The molecule has 0 saturated carbocycles. The topological polar surface area (TPSA) is 141 Å². The lowest BCUT2D eigenvalue weighted by Gasteiger charge is -2.34. The number of carbonyl (C=O) groups is 1. The second kappa shape index (κ2) is 5.09. The number of Topliss-reactive ketones (excluding diaryl/α,β-unsaturated/α-hetero) is 1. The van der Waals surface area contributed by atoms with Gasteiger partial charge in [-0.25, -0.2) is 0 Å². The van der Waals surface area contributed by atoms with E-state index in [0.29, 0.717) is 5.56 Å². The molecule has 1 aromatic rings. The van der Waals surface area contributed by atoms with Crippen LogP contribution in [0.15, 0.2) is 53.9 Å². The maximum Gasteiger partial charge on any atom is 0.191 e. The minimum atomic E-state index is -1.58. The summed E-state index contributed by atoms with van der Waals surface area (Å²) in [7, 11) is 0. The Morgan fingerprint density at radius 3 is 2.40 bits per heavy atom. The van der Waals surface area contributed by atoms with Crippen LogP contribution in [-0.4, -0.2) is 22.5 Å². The zero-order valence-corrected chi connectivity index (χ0v) is 10.9. The molecule has 6 nitrogen and oxygen atoms in total. The van der Waals surface area contributed by atoms with Crippen molar-refractivity contribution in [2.45, 2.75) is 17.7 Å². The molecule has 0 amide bonds. The molecule has 1 aliphatic carbocycles. The van der Waals surface area contributed by atoms with Gasteiger partial charge in [0.1, 0.15) is 11.6 Å². The van der Waals surface area contributed by atoms with Crippen LogP contribution in [0.4, 0.5) is 0 Å². The van der Waals surface area contributed by atoms with Crippen molar-refractivity contribution in [1.29, 1.82) is 0 Å². The normalized spacial score (nSPS) is 27.4. The molecule has 0 heterocycles. The standard InChI is InChI=1S/C14H18N4O2/c15-9-6-11(17)14(18,7-10(9)16)13(20)12(19)8-4-2-1-3-5-8/h1-7,11-12,19H,15-18H2. The summed E-state index contributed by atoms with van der Waals surface area (Å²) in [6.07, 6.45) is 1.36. The van der Waals surface area contributed by atoms with Crippen LogP contribution in [0.3, 0.4) is 0 Å². The number of ketones is 1. The summed E-state index contributed by atoms with van der Waals surface area (Å²) in [5.74, 6) is -0.622. The van der Waals surface area contributed by atoms with Gasteiger partial charge < -0.3 is 28.0 Å². The Labute approximate surface area is 116 Å². The molecule has 106 valence electrons. The van der Waals surface area contributed by atoms with E-state index in [1.807, 2.05) is 0 Å². The van der Waals surface area contributed by atoms with Gasteiger partial charge in [-0.2, -0.15) is 0 Å². The van der Waals surface area contributed by atoms with E-state index in [-0.39, 0.29) is 11.4 Å². The highest BCUT2D eigenvalue weighted by molar-refractivity contribution is 5.96. The lowest BCUT2D eigenvalue weighted by atomic mass is 9.79. The molecule has 0 bridgehead atoms. The van der Waals surface area contributed by atoms with Crippen molar-refractivity contribution >= 4 is 5.78 Å². The van der Waals surface area contributed by atoms with Crippen LogP contribution >= 0.6 is 0 Å². The largest absolute Gasteiger partial charge is 0.397 e. The Hall–Kier alpha value is -2.15. The molecule has 0 radical (unpaired) electrons. The second-order valence-electron chi connectivity index (χ2n) is 4.86. The summed E-state index contributed by atoms with van der Waals surface area (Å²) in [5.41, 5.74) is 22.6. The van der Waals surface area contributed by atoms with E-state index in [1.165, 1.54) is 12.2 Å². The zero-order valence-electron chi connectivity index (χ0n) is 10.9. The van der Waals surface area contributed by atoms with Gasteiger partial charge in [-0.3, -0.25) is 4.79 Å². The number of carbonyl (C=O) groups excluding carboxylic acids is 1. The first kappa shape index (κ1) is 14.3. The third-order valence-electron chi connectivity index (χ3n) is 3.43. The molecule has 0 spiro atoms. The van der Waals surface area contributed by atoms with Crippen LogP contribution in [0.25, 0.3) is 0 Å². The lowest BCUT2D eigenvalue weighted by molar-refractivity contribution is -0.131. The van der Waals surface area contributed by atoms with E-state index in [0.717, 1.165) is 0 Å². The van der Waals surface area contributed by atoms with Crippen LogP contribution in [-0.2, 0) is 4.79 Å². The maximum absolute atomic E-state index is 12.5. The summed E-state index contributed by atoms with van der Waals surface area (Å²) in [6, 6.07) is 7.65. The molecule has 3 atom stereocenters. The van der Waals surface area contributed by atoms with Crippen molar-refractivity contribution in [2.75, 3.05) is 0 Å². The predicted molar refractivity (Wildman–Crippen MR) is 75.8 cm³/mol. The number of aliphatic hydroxyl groups excluding tert-OH is 1. The van der Waals surface area contributed by atoms with Crippen molar-refractivity contribution in [3.8, 4) is 0 Å². The zero-order chi connectivity index (χ0) is 14.9. The smallest absolute Gasteiger partial charge is 0.191 e. The maximum atomic E-state index is 12.5. The first-order valence-electron chi connectivity index (χ1n) is 6.14. The van der Waals surface area contributed by atoms with E-state index in [2.05, 4.69) is 0 Å². The summed E-state index contributed by atoms with van der Waals surface area (Å²) in [5, 5.41) is 10.2. The molecule has 9 N–H and O–H groups in total. The first-order chi connectivity index (χ1) is 9.36. The van der Waals surface area contributed by atoms with E-state index >= 15 is 0 Å². The molecule has 3 unspecified atom stereocenters.